The first kappa shape index (κ1) is 22.5. The molecule has 2 aromatic carbocycles. The zero-order valence-electron chi connectivity index (χ0n) is 18.3. The van der Waals surface area contributed by atoms with Crippen LogP contribution in [0.25, 0.3) is 0 Å². The fourth-order valence-electron chi connectivity index (χ4n) is 3.79. The Hall–Kier alpha value is -2.18. The maximum absolute atomic E-state index is 12.8. The summed E-state index contributed by atoms with van der Waals surface area (Å²) in [5.41, 5.74) is 2.43. The minimum Gasteiger partial charge on any atom is -0.349 e. The van der Waals surface area contributed by atoms with Crippen LogP contribution in [0.4, 0.5) is 0 Å². The molecule has 0 saturated carbocycles. The van der Waals surface area contributed by atoms with E-state index in [1.54, 1.807) is 30.3 Å². The van der Waals surface area contributed by atoms with Gasteiger partial charge in [0.2, 0.25) is 15.9 Å². The van der Waals surface area contributed by atoms with E-state index >= 15 is 0 Å². The Morgan fingerprint density at radius 3 is 2.10 bits per heavy atom. The fraction of sp³-hybridized carbons (Fsp3) is 0.458. The third kappa shape index (κ3) is 5.10. The van der Waals surface area contributed by atoms with Gasteiger partial charge in [-0.15, -0.1) is 0 Å². The normalized spacial score (nSPS) is 17.5. The van der Waals surface area contributed by atoms with Gasteiger partial charge in [-0.1, -0.05) is 63.2 Å². The van der Waals surface area contributed by atoms with Crippen LogP contribution in [0, 0.1) is 5.92 Å². The molecule has 0 aliphatic carbocycles. The average molecular weight is 429 g/mol. The molecular weight excluding hydrogens is 396 g/mol. The number of benzene rings is 2. The third-order valence-electron chi connectivity index (χ3n) is 5.84. The second-order valence-electron chi connectivity index (χ2n) is 9.09. The summed E-state index contributed by atoms with van der Waals surface area (Å²) in [6, 6.07) is 16.8. The highest BCUT2D eigenvalue weighted by molar-refractivity contribution is 7.89. The number of carbonyl (C=O) groups excluding carboxylic acids is 1. The molecule has 0 spiro atoms. The summed E-state index contributed by atoms with van der Waals surface area (Å²) < 4.78 is 27.0. The van der Waals surface area contributed by atoms with Crippen molar-refractivity contribution in [1.82, 2.24) is 9.62 Å². The number of carbonyl (C=O) groups is 1. The molecule has 1 aliphatic heterocycles. The largest absolute Gasteiger partial charge is 0.349 e. The van der Waals surface area contributed by atoms with Gasteiger partial charge in [0, 0.05) is 19.0 Å². The first-order chi connectivity index (χ1) is 14.1. The minimum absolute atomic E-state index is 0.000781. The van der Waals surface area contributed by atoms with E-state index in [1.807, 2.05) is 6.92 Å². The second kappa shape index (κ2) is 8.90. The molecule has 0 radical (unpaired) electrons. The summed E-state index contributed by atoms with van der Waals surface area (Å²) in [5, 5.41) is 3.10. The average Bonchev–Trinajstić information content (AvgIpc) is 2.74. The number of piperidine rings is 1. The number of nitrogens with zero attached hydrogens (tertiary/aromatic N) is 1. The van der Waals surface area contributed by atoms with Crippen LogP contribution in [0.1, 0.15) is 57.7 Å². The van der Waals surface area contributed by atoms with E-state index in [-0.39, 0.29) is 23.3 Å². The van der Waals surface area contributed by atoms with E-state index in [4.69, 9.17) is 0 Å². The van der Waals surface area contributed by atoms with E-state index in [0.717, 1.165) is 5.56 Å². The van der Waals surface area contributed by atoms with E-state index in [1.165, 1.54) is 9.87 Å². The Morgan fingerprint density at radius 1 is 1.00 bits per heavy atom. The summed E-state index contributed by atoms with van der Waals surface area (Å²) >= 11 is 0. The van der Waals surface area contributed by atoms with E-state index in [9.17, 15) is 13.2 Å². The molecule has 2 aromatic rings. The topological polar surface area (TPSA) is 66.5 Å². The molecule has 1 aliphatic rings. The lowest BCUT2D eigenvalue weighted by molar-refractivity contribution is -0.126. The van der Waals surface area contributed by atoms with Crippen LogP contribution in [0.3, 0.4) is 0 Å². The molecule has 0 aromatic heterocycles. The predicted octanol–water partition coefficient (Wildman–Crippen LogP) is 4.26. The van der Waals surface area contributed by atoms with Crippen molar-refractivity contribution in [3.63, 3.8) is 0 Å². The van der Waals surface area contributed by atoms with Crippen molar-refractivity contribution in [3.8, 4) is 0 Å². The van der Waals surface area contributed by atoms with E-state index in [2.05, 4.69) is 50.4 Å². The predicted molar refractivity (Wildman–Crippen MR) is 120 cm³/mol. The molecule has 1 fully saturated rings. The lowest BCUT2D eigenvalue weighted by Crippen LogP contribution is -2.43. The van der Waals surface area contributed by atoms with Gasteiger partial charge in [-0.2, -0.15) is 4.31 Å². The molecule has 1 saturated heterocycles. The highest BCUT2D eigenvalue weighted by Gasteiger charge is 2.32. The number of rotatable bonds is 5. The Morgan fingerprint density at radius 2 is 1.57 bits per heavy atom. The van der Waals surface area contributed by atoms with Crippen LogP contribution < -0.4 is 5.32 Å². The summed E-state index contributed by atoms with van der Waals surface area (Å²) in [4.78, 5) is 13.1. The zero-order chi connectivity index (χ0) is 21.9. The van der Waals surface area contributed by atoms with Gasteiger partial charge in [-0.25, -0.2) is 8.42 Å². The monoisotopic (exact) mass is 428 g/mol. The molecule has 3 rings (SSSR count). The van der Waals surface area contributed by atoms with Crippen molar-refractivity contribution in [3.05, 3.63) is 65.7 Å². The Kier molecular flexibility index (Phi) is 6.68. The lowest BCUT2D eigenvalue weighted by atomic mass is 9.86. The lowest BCUT2D eigenvalue weighted by Gasteiger charge is -2.31. The van der Waals surface area contributed by atoms with Crippen molar-refractivity contribution >= 4 is 15.9 Å². The molecular formula is C24H32N2O3S. The standard InChI is InChI=1S/C24H32N2O3S/c1-18(19-10-12-21(13-11-19)24(2,3)4)25-23(27)20-14-16-26(17-15-20)30(28,29)22-8-6-5-7-9-22/h5-13,18,20H,14-17H2,1-4H3,(H,25,27)/t18-/m1/s1. The van der Waals surface area contributed by atoms with Crippen molar-refractivity contribution in [2.24, 2.45) is 5.92 Å². The number of hydrogen-bond donors (Lipinski definition) is 1. The van der Waals surface area contributed by atoms with E-state index < -0.39 is 10.0 Å². The van der Waals surface area contributed by atoms with Crippen LogP contribution in [0.2, 0.25) is 0 Å². The van der Waals surface area contributed by atoms with Gasteiger partial charge in [0.25, 0.3) is 0 Å². The van der Waals surface area contributed by atoms with Crippen LogP contribution in [-0.2, 0) is 20.2 Å². The van der Waals surface area contributed by atoms with Crippen LogP contribution in [0.15, 0.2) is 59.5 Å². The number of sulfonamides is 1. The number of nitrogens with one attached hydrogen (secondary N) is 1. The Balaban J connectivity index is 1.56. The number of hydrogen-bond acceptors (Lipinski definition) is 3. The maximum Gasteiger partial charge on any atom is 0.243 e. The molecule has 0 bridgehead atoms. The van der Waals surface area contributed by atoms with Gasteiger partial charge in [-0.3, -0.25) is 4.79 Å². The SMILES string of the molecule is C[C@@H](NC(=O)C1CCN(S(=O)(=O)c2ccccc2)CC1)c1ccc(C(C)(C)C)cc1. The fourth-order valence-corrected chi connectivity index (χ4v) is 5.28. The molecule has 1 heterocycles. The maximum atomic E-state index is 12.8. The summed E-state index contributed by atoms with van der Waals surface area (Å²) in [6.45, 7) is 9.25. The second-order valence-corrected chi connectivity index (χ2v) is 11.0. The molecule has 1 atom stereocenters. The van der Waals surface area contributed by atoms with Crippen LogP contribution >= 0.6 is 0 Å². The van der Waals surface area contributed by atoms with Crippen LogP contribution in [0.5, 0.6) is 0 Å². The Bertz CT molecular complexity index is 956. The van der Waals surface area contributed by atoms with Gasteiger partial charge in [0.05, 0.1) is 10.9 Å². The molecule has 1 N–H and O–H groups in total. The van der Waals surface area contributed by atoms with Crippen molar-refractivity contribution in [1.29, 1.82) is 0 Å². The summed E-state index contributed by atoms with van der Waals surface area (Å²) in [7, 11) is -3.49. The van der Waals surface area contributed by atoms with Gasteiger partial charge in [0.1, 0.15) is 0 Å². The highest BCUT2D eigenvalue weighted by Crippen LogP contribution is 2.26. The van der Waals surface area contributed by atoms with Crippen LogP contribution in [-0.4, -0.2) is 31.7 Å². The Labute approximate surface area is 180 Å². The summed E-state index contributed by atoms with van der Waals surface area (Å²) in [5.74, 6) is -0.164. The van der Waals surface area contributed by atoms with Crippen molar-refractivity contribution in [2.75, 3.05) is 13.1 Å². The van der Waals surface area contributed by atoms with Gasteiger partial charge >= 0.3 is 0 Å². The minimum atomic E-state index is -3.49. The molecule has 162 valence electrons. The quantitative estimate of drug-likeness (QED) is 0.774. The number of amides is 1. The highest BCUT2D eigenvalue weighted by atomic mass is 32.2. The molecule has 30 heavy (non-hydrogen) atoms. The first-order valence-electron chi connectivity index (χ1n) is 10.5. The van der Waals surface area contributed by atoms with Crippen molar-refractivity contribution in [2.45, 2.75) is 56.9 Å². The van der Waals surface area contributed by atoms with Gasteiger partial charge < -0.3 is 5.32 Å². The van der Waals surface area contributed by atoms with E-state index in [0.29, 0.717) is 30.8 Å². The molecule has 0 unspecified atom stereocenters. The molecule has 6 heteroatoms. The smallest absolute Gasteiger partial charge is 0.243 e. The van der Waals surface area contributed by atoms with Crippen molar-refractivity contribution < 1.29 is 13.2 Å². The summed E-state index contributed by atoms with van der Waals surface area (Å²) in [6.07, 6.45) is 1.07. The molecule has 1 amide bonds. The first-order valence-corrected chi connectivity index (χ1v) is 12.0. The third-order valence-corrected chi connectivity index (χ3v) is 7.75. The van der Waals surface area contributed by atoms with Gasteiger partial charge in [0.15, 0.2) is 0 Å². The molecule has 5 nitrogen and oxygen atoms in total. The zero-order valence-corrected chi connectivity index (χ0v) is 19.1. The van der Waals surface area contributed by atoms with Gasteiger partial charge in [-0.05, 0) is 48.4 Å².